The van der Waals surface area contributed by atoms with Gasteiger partial charge in [-0.15, -0.1) is 0 Å². The molecule has 1 aromatic carbocycles. The van der Waals surface area contributed by atoms with Crippen LogP contribution >= 0.6 is 11.8 Å². The highest BCUT2D eigenvalue weighted by Crippen LogP contribution is 2.15. The van der Waals surface area contributed by atoms with Crippen molar-refractivity contribution in [2.75, 3.05) is 25.1 Å². The number of hydrogen-bond donors (Lipinski definition) is 2. The first-order chi connectivity index (χ1) is 8.75. The highest BCUT2D eigenvalue weighted by molar-refractivity contribution is 7.98. The van der Waals surface area contributed by atoms with Crippen LogP contribution < -0.4 is 5.32 Å². The van der Waals surface area contributed by atoms with Gasteiger partial charge in [-0.3, -0.25) is 0 Å². The summed E-state index contributed by atoms with van der Waals surface area (Å²) in [6.07, 6.45) is 4.88. The van der Waals surface area contributed by atoms with Crippen molar-refractivity contribution in [3.05, 3.63) is 35.6 Å². The summed E-state index contributed by atoms with van der Waals surface area (Å²) in [5.41, 5.74) is 0.368. The molecule has 0 spiro atoms. The molecule has 0 saturated carbocycles. The van der Waals surface area contributed by atoms with Crippen molar-refractivity contribution < 1.29 is 9.50 Å². The highest BCUT2D eigenvalue weighted by atomic mass is 32.2. The van der Waals surface area contributed by atoms with E-state index in [2.05, 4.69) is 11.6 Å². The minimum Gasteiger partial charge on any atom is -0.387 e. The number of benzene rings is 1. The SMILES string of the molecule is CSCCCCCNCC(O)c1ccccc1F. The van der Waals surface area contributed by atoms with Crippen molar-refractivity contribution in [2.24, 2.45) is 0 Å². The van der Waals surface area contributed by atoms with E-state index in [4.69, 9.17) is 0 Å². The summed E-state index contributed by atoms with van der Waals surface area (Å²) in [5, 5.41) is 13.0. The third-order valence-electron chi connectivity index (χ3n) is 2.80. The molecular formula is C14H22FNOS. The van der Waals surface area contributed by atoms with E-state index in [-0.39, 0.29) is 5.82 Å². The van der Waals surface area contributed by atoms with Gasteiger partial charge < -0.3 is 10.4 Å². The maximum atomic E-state index is 13.4. The van der Waals surface area contributed by atoms with Gasteiger partial charge in [0.15, 0.2) is 0 Å². The van der Waals surface area contributed by atoms with Gasteiger partial charge in [0.05, 0.1) is 6.10 Å². The van der Waals surface area contributed by atoms with Crippen LogP contribution in [0.5, 0.6) is 0 Å². The molecule has 0 saturated heterocycles. The minimum absolute atomic E-state index is 0.341. The summed E-state index contributed by atoms with van der Waals surface area (Å²) >= 11 is 1.87. The normalized spacial score (nSPS) is 12.6. The van der Waals surface area contributed by atoms with Crippen LogP contribution in [-0.2, 0) is 0 Å². The van der Waals surface area contributed by atoms with Crippen molar-refractivity contribution in [2.45, 2.75) is 25.4 Å². The molecule has 0 amide bonds. The third kappa shape index (κ3) is 5.85. The summed E-state index contributed by atoms with van der Waals surface area (Å²) in [7, 11) is 0. The van der Waals surface area contributed by atoms with Crippen molar-refractivity contribution >= 4 is 11.8 Å². The lowest BCUT2D eigenvalue weighted by Crippen LogP contribution is -2.23. The largest absolute Gasteiger partial charge is 0.387 e. The molecule has 1 atom stereocenters. The lowest BCUT2D eigenvalue weighted by Gasteiger charge is -2.12. The zero-order chi connectivity index (χ0) is 13.2. The van der Waals surface area contributed by atoms with E-state index in [1.165, 1.54) is 24.7 Å². The average Bonchev–Trinajstić information content (AvgIpc) is 2.38. The number of halogens is 1. The van der Waals surface area contributed by atoms with Gasteiger partial charge in [-0.25, -0.2) is 4.39 Å². The fourth-order valence-corrected chi connectivity index (χ4v) is 2.26. The van der Waals surface area contributed by atoms with E-state index in [0.29, 0.717) is 12.1 Å². The smallest absolute Gasteiger partial charge is 0.129 e. The van der Waals surface area contributed by atoms with Crippen LogP contribution in [0.25, 0.3) is 0 Å². The number of hydrogen-bond acceptors (Lipinski definition) is 3. The van der Waals surface area contributed by atoms with Gasteiger partial charge in [-0.2, -0.15) is 11.8 Å². The van der Waals surface area contributed by atoms with E-state index in [0.717, 1.165) is 13.0 Å². The summed E-state index contributed by atoms with van der Waals surface area (Å²) < 4.78 is 13.4. The molecule has 1 unspecified atom stereocenters. The van der Waals surface area contributed by atoms with Gasteiger partial charge in [0, 0.05) is 12.1 Å². The Morgan fingerprint density at radius 2 is 2.06 bits per heavy atom. The predicted octanol–water partition coefficient (Wildman–Crippen LogP) is 2.98. The maximum absolute atomic E-state index is 13.4. The van der Waals surface area contributed by atoms with Crippen molar-refractivity contribution in [3.8, 4) is 0 Å². The molecular weight excluding hydrogens is 249 g/mol. The van der Waals surface area contributed by atoms with Gasteiger partial charge in [0.1, 0.15) is 5.82 Å². The van der Waals surface area contributed by atoms with Crippen LogP contribution in [0, 0.1) is 5.82 Å². The molecule has 2 nitrogen and oxygen atoms in total. The molecule has 0 aliphatic carbocycles. The van der Waals surface area contributed by atoms with Crippen LogP contribution in [0.4, 0.5) is 4.39 Å². The fraction of sp³-hybridized carbons (Fsp3) is 0.571. The molecule has 0 heterocycles. The zero-order valence-corrected chi connectivity index (χ0v) is 11.7. The first-order valence-corrected chi connectivity index (χ1v) is 7.77. The Hall–Kier alpha value is -0.580. The Bertz CT molecular complexity index is 335. The quantitative estimate of drug-likeness (QED) is 0.677. The second-order valence-electron chi connectivity index (χ2n) is 4.29. The standard InChI is InChI=1S/C14H22FNOS/c1-18-10-6-2-5-9-16-11-14(17)12-7-3-4-8-13(12)15/h3-4,7-8,14,16-17H,2,5-6,9-11H2,1H3. The lowest BCUT2D eigenvalue weighted by molar-refractivity contribution is 0.170. The summed E-state index contributed by atoms with van der Waals surface area (Å²) in [6, 6.07) is 6.37. The molecule has 0 aromatic heterocycles. The number of nitrogens with one attached hydrogen (secondary N) is 1. The summed E-state index contributed by atoms with van der Waals surface area (Å²) in [4.78, 5) is 0. The van der Waals surface area contributed by atoms with Gasteiger partial charge in [0.2, 0.25) is 0 Å². The van der Waals surface area contributed by atoms with Crippen LogP contribution in [0.3, 0.4) is 0 Å². The van der Waals surface area contributed by atoms with Gasteiger partial charge in [-0.05, 0) is 37.5 Å². The number of aliphatic hydroxyl groups is 1. The van der Waals surface area contributed by atoms with Crippen molar-refractivity contribution in [1.82, 2.24) is 5.32 Å². The van der Waals surface area contributed by atoms with Gasteiger partial charge >= 0.3 is 0 Å². The van der Waals surface area contributed by atoms with Gasteiger partial charge in [-0.1, -0.05) is 24.6 Å². The highest BCUT2D eigenvalue weighted by Gasteiger charge is 2.10. The predicted molar refractivity (Wildman–Crippen MR) is 76.5 cm³/mol. The molecule has 0 radical (unpaired) electrons. The van der Waals surface area contributed by atoms with E-state index in [1.807, 2.05) is 11.8 Å². The van der Waals surface area contributed by atoms with Crippen LogP contribution in [0.2, 0.25) is 0 Å². The fourth-order valence-electron chi connectivity index (χ4n) is 1.77. The zero-order valence-electron chi connectivity index (χ0n) is 10.9. The first kappa shape index (κ1) is 15.5. The number of thioether (sulfide) groups is 1. The molecule has 0 fully saturated rings. The third-order valence-corrected chi connectivity index (χ3v) is 3.50. The van der Waals surface area contributed by atoms with E-state index in [9.17, 15) is 9.50 Å². The van der Waals surface area contributed by atoms with Crippen molar-refractivity contribution in [3.63, 3.8) is 0 Å². The Labute approximate surface area is 113 Å². The molecule has 0 aliphatic heterocycles. The number of unbranched alkanes of at least 4 members (excludes halogenated alkanes) is 2. The Kier molecular flexibility index (Phi) is 8.05. The van der Waals surface area contributed by atoms with Crippen LogP contribution in [0.1, 0.15) is 30.9 Å². The topological polar surface area (TPSA) is 32.3 Å². The monoisotopic (exact) mass is 271 g/mol. The Balaban J connectivity index is 2.14. The van der Waals surface area contributed by atoms with Crippen LogP contribution in [0.15, 0.2) is 24.3 Å². The van der Waals surface area contributed by atoms with Crippen molar-refractivity contribution in [1.29, 1.82) is 0 Å². The molecule has 0 aliphatic rings. The van der Waals surface area contributed by atoms with Crippen LogP contribution in [-0.4, -0.2) is 30.2 Å². The summed E-state index contributed by atoms with van der Waals surface area (Å²) in [5.74, 6) is 0.865. The Morgan fingerprint density at radius 1 is 1.28 bits per heavy atom. The molecule has 102 valence electrons. The average molecular weight is 271 g/mol. The maximum Gasteiger partial charge on any atom is 0.129 e. The molecule has 1 rings (SSSR count). The van der Waals surface area contributed by atoms with E-state index < -0.39 is 6.10 Å². The van der Waals surface area contributed by atoms with E-state index >= 15 is 0 Å². The molecule has 2 N–H and O–H groups in total. The molecule has 1 aromatic rings. The second-order valence-corrected chi connectivity index (χ2v) is 5.28. The molecule has 4 heteroatoms. The number of rotatable bonds is 9. The molecule has 0 bridgehead atoms. The second kappa shape index (κ2) is 9.36. The Morgan fingerprint density at radius 3 is 2.78 bits per heavy atom. The summed E-state index contributed by atoms with van der Waals surface area (Å²) in [6.45, 7) is 1.28. The van der Waals surface area contributed by atoms with Gasteiger partial charge in [0.25, 0.3) is 0 Å². The van der Waals surface area contributed by atoms with E-state index in [1.54, 1.807) is 18.2 Å². The minimum atomic E-state index is -0.766. The first-order valence-electron chi connectivity index (χ1n) is 6.38. The lowest BCUT2D eigenvalue weighted by atomic mass is 10.1. The molecule has 18 heavy (non-hydrogen) atoms. The number of aliphatic hydroxyl groups excluding tert-OH is 1.